The second-order valence-electron chi connectivity index (χ2n) is 4.08. The van der Waals surface area contributed by atoms with Gasteiger partial charge in [0.15, 0.2) is 5.41 Å². The molecule has 0 atom stereocenters. The average molecular weight is 278 g/mol. The molecular weight excluding hydrogens is 260 g/mol. The first kappa shape index (κ1) is 16.8. The van der Waals surface area contributed by atoms with Crippen LogP contribution in [0.5, 0.6) is 0 Å². The zero-order valence-corrected chi connectivity index (χ0v) is 11.5. The Morgan fingerprint density at radius 2 is 1.83 bits per heavy atom. The van der Waals surface area contributed by atoms with E-state index in [1.165, 1.54) is 13.8 Å². The van der Waals surface area contributed by atoms with Crippen molar-refractivity contribution in [2.24, 2.45) is 5.41 Å². The number of thioether (sulfide) groups is 1. The van der Waals surface area contributed by atoms with Gasteiger partial charge in [0.2, 0.25) is 6.79 Å². The Morgan fingerprint density at radius 1 is 1.22 bits per heavy atom. The number of esters is 1. The second kappa shape index (κ2) is 7.97. The lowest BCUT2D eigenvalue weighted by Crippen LogP contribution is -2.35. The van der Waals surface area contributed by atoms with Gasteiger partial charge in [0, 0.05) is 5.75 Å². The van der Waals surface area contributed by atoms with Gasteiger partial charge >= 0.3 is 17.2 Å². The first-order valence-electron chi connectivity index (χ1n) is 5.52. The summed E-state index contributed by atoms with van der Waals surface area (Å²) in [6, 6.07) is 0. The molecule has 0 saturated carbocycles. The molecule has 0 aromatic carbocycles. The van der Waals surface area contributed by atoms with Gasteiger partial charge in [-0.05, 0) is 32.0 Å². The Kier molecular flexibility index (Phi) is 7.42. The van der Waals surface area contributed by atoms with Crippen LogP contribution >= 0.6 is 11.8 Å². The topological polar surface area (TPSA) is 89.9 Å². The molecule has 0 aliphatic heterocycles. The Hall–Kier alpha value is -1.24. The van der Waals surface area contributed by atoms with E-state index in [0.29, 0.717) is 5.75 Å². The van der Waals surface area contributed by atoms with Crippen LogP contribution in [0.3, 0.4) is 0 Å². The molecule has 1 N–H and O–H groups in total. The third-order valence-corrected chi connectivity index (χ3v) is 2.98. The molecule has 18 heavy (non-hydrogen) atoms. The van der Waals surface area contributed by atoms with Crippen molar-refractivity contribution in [3.05, 3.63) is 0 Å². The number of hydrogen-bond acceptors (Lipinski definition) is 6. The van der Waals surface area contributed by atoms with E-state index in [-0.39, 0.29) is 0 Å². The molecule has 7 heteroatoms. The zero-order chi connectivity index (χ0) is 14.2. The number of carboxylic acids is 1. The lowest BCUT2D eigenvalue weighted by atomic mass is 9.94. The van der Waals surface area contributed by atoms with Gasteiger partial charge in [0.1, 0.15) is 0 Å². The van der Waals surface area contributed by atoms with Crippen LogP contribution in [0.2, 0.25) is 0 Å². The Morgan fingerprint density at radius 3 is 2.33 bits per heavy atom. The summed E-state index contributed by atoms with van der Waals surface area (Å²) >= 11 is 0.998. The van der Waals surface area contributed by atoms with E-state index < -0.39 is 29.4 Å². The summed E-state index contributed by atoms with van der Waals surface area (Å²) in [5.41, 5.74) is -1.65. The summed E-state index contributed by atoms with van der Waals surface area (Å²) in [6.07, 6.45) is 1.87. The van der Waals surface area contributed by atoms with Gasteiger partial charge in [-0.15, -0.1) is 0 Å². The molecule has 0 aliphatic rings. The van der Waals surface area contributed by atoms with Gasteiger partial charge in [0.05, 0.1) is 0 Å². The highest BCUT2D eigenvalue weighted by atomic mass is 32.2. The van der Waals surface area contributed by atoms with Crippen molar-refractivity contribution in [1.82, 2.24) is 0 Å². The standard InChI is InChI=1S/C11H18O6S/c1-4-5-6-18-10(15)17-7-16-9(14)11(2,3)8(12)13/h4-7H2,1-3H3,(H,12,13). The lowest BCUT2D eigenvalue weighted by molar-refractivity contribution is -0.171. The summed E-state index contributed by atoms with van der Waals surface area (Å²) < 4.78 is 9.19. The van der Waals surface area contributed by atoms with Crippen molar-refractivity contribution in [1.29, 1.82) is 0 Å². The lowest BCUT2D eigenvalue weighted by Gasteiger charge is -2.16. The SMILES string of the molecule is CCCCSC(=O)OCOC(=O)C(C)(C)C(=O)O. The Balaban J connectivity index is 3.88. The fourth-order valence-corrected chi connectivity index (χ4v) is 1.47. The zero-order valence-electron chi connectivity index (χ0n) is 10.7. The molecule has 0 fully saturated rings. The first-order valence-corrected chi connectivity index (χ1v) is 6.51. The number of aliphatic carboxylic acids is 1. The van der Waals surface area contributed by atoms with Crippen molar-refractivity contribution >= 4 is 29.0 Å². The molecule has 0 rings (SSSR count). The van der Waals surface area contributed by atoms with Crippen molar-refractivity contribution in [3.63, 3.8) is 0 Å². The van der Waals surface area contributed by atoms with Crippen LogP contribution in [-0.4, -0.2) is 34.9 Å². The maximum atomic E-state index is 11.3. The maximum Gasteiger partial charge on any atom is 0.370 e. The van der Waals surface area contributed by atoms with Gasteiger partial charge in [-0.3, -0.25) is 9.59 Å². The molecule has 0 aliphatic carbocycles. The minimum absolute atomic E-state index is 0.538. The van der Waals surface area contributed by atoms with E-state index in [1.54, 1.807) is 0 Å². The van der Waals surface area contributed by atoms with Crippen molar-refractivity contribution < 1.29 is 29.0 Å². The van der Waals surface area contributed by atoms with Gasteiger partial charge in [-0.2, -0.15) is 0 Å². The highest BCUT2D eigenvalue weighted by Crippen LogP contribution is 2.17. The minimum Gasteiger partial charge on any atom is -0.480 e. The quantitative estimate of drug-likeness (QED) is 0.330. The summed E-state index contributed by atoms with van der Waals surface area (Å²) in [6.45, 7) is 3.88. The molecule has 0 amide bonds. The molecule has 0 aromatic rings. The summed E-state index contributed by atoms with van der Waals surface area (Å²) in [4.78, 5) is 33.2. The number of carbonyl (C=O) groups excluding carboxylic acids is 2. The van der Waals surface area contributed by atoms with E-state index in [4.69, 9.17) is 5.11 Å². The summed E-state index contributed by atoms with van der Waals surface area (Å²) in [5.74, 6) is -1.60. The third-order valence-electron chi connectivity index (χ3n) is 2.13. The van der Waals surface area contributed by atoms with Crippen LogP contribution in [-0.2, 0) is 19.1 Å². The van der Waals surface area contributed by atoms with Crippen LogP contribution in [0, 0.1) is 5.41 Å². The first-order chi connectivity index (χ1) is 8.32. The van der Waals surface area contributed by atoms with Crippen LogP contribution in [0.25, 0.3) is 0 Å². The Labute approximate surface area is 110 Å². The largest absolute Gasteiger partial charge is 0.480 e. The van der Waals surface area contributed by atoms with E-state index in [2.05, 4.69) is 9.47 Å². The molecule has 0 heterocycles. The van der Waals surface area contributed by atoms with E-state index >= 15 is 0 Å². The second-order valence-corrected chi connectivity index (χ2v) is 5.11. The van der Waals surface area contributed by atoms with E-state index in [1.807, 2.05) is 6.92 Å². The molecule has 0 bridgehead atoms. The molecule has 0 unspecified atom stereocenters. The van der Waals surface area contributed by atoms with Gasteiger partial charge < -0.3 is 14.6 Å². The predicted molar refractivity (Wildman–Crippen MR) is 66.2 cm³/mol. The average Bonchev–Trinajstić information content (AvgIpc) is 2.28. The fourth-order valence-electron chi connectivity index (χ4n) is 0.740. The molecule has 0 radical (unpaired) electrons. The normalized spacial score (nSPS) is 10.8. The molecule has 6 nitrogen and oxygen atoms in total. The number of hydrogen-bond donors (Lipinski definition) is 1. The van der Waals surface area contributed by atoms with Gasteiger partial charge in [-0.1, -0.05) is 13.3 Å². The highest BCUT2D eigenvalue weighted by molar-refractivity contribution is 8.13. The summed E-state index contributed by atoms with van der Waals surface area (Å²) in [5, 5.41) is 8.21. The van der Waals surface area contributed by atoms with Gasteiger partial charge in [0.25, 0.3) is 0 Å². The van der Waals surface area contributed by atoms with E-state index in [0.717, 1.165) is 24.6 Å². The number of unbranched alkanes of at least 4 members (excludes halogenated alkanes) is 1. The molecule has 0 spiro atoms. The number of ether oxygens (including phenoxy) is 2. The number of carbonyl (C=O) groups is 3. The maximum absolute atomic E-state index is 11.3. The van der Waals surface area contributed by atoms with Crippen LogP contribution in [0.1, 0.15) is 33.6 Å². The van der Waals surface area contributed by atoms with Crippen LogP contribution in [0.15, 0.2) is 0 Å². The molecule has 0 aromatic heterocycles. The minimum atomic E-state index is -1.65. The monoisotopic (exact) mass is 278 g/mol. The highest BCUT2D eigenvalue weighted by Gasteiger charge is 2.37. The molecular formula is C11H18O6S. The molecule has 104 valence electrons. The smallest absolute Gasteiger partial charge is 0.370 e. The Bertz CT molecular complexity index is 313. The number of carboxylic acid groups (broad SMARTS) is 1. The van der Waals surface area contributed by atoms with Gasteiger partial charge in [-0.25, -0.2) is 4.79 Å². The van der Waals surface area contributed by atoms with Crippen molar-refractivity contribution in [3.8, 4) is 0 Å². The van der Waals surface area contributed by atoms with E-state index in [9.17, 15) is 14.4 Å². The predicted octanol–water partition coefficient (Wildman–Crippen LogP) is 2.27. The summed E-state index contributed by atoms with van der Waals surface area (Å²) in [7, 11) is 0. The number of rotatable bonds is 7. The van der Waals surface area contributed by atoms with Crippen LogP contribution in [0.4, 0.5) is 4.79 Å². The fraction of sp³-hybridized carbons (Fsp3) is 0.727. The van der Waals surface area contributed by atoms with Crippen molar-refractivity contribution in [2.75, 3.05) is 12.5 Å². The van der Waals surface area contributed by atoms with Crippen LogP contribution < -0.4 is 0 Å². The molecule has 0 saturated heterocycles. The third kappa shape index (κ3) is 5.90. The van der Waals surface area contributed by atoms with Crippen molar-refractivity contribution in [2.45, 2.75) is 33.6 Å².